The predicted molar refractivity (Wildman–Crippen MR) is 127 cm³/mol. The number of nitrogens with zero attached hydrogens (tertiary/aromatic N) is 1. The van der Waals surface area contributed by atoms with E-state index < -0.39 is 6.04 Å². The van der Waals surface area contributed by atoms with E-state index in [1.807, 2.05) is 32.0 Å². The Balaban J connectivity index is 1.48. The van der Waals surface area contributed by atoms with E-state index in [1.54, 1.807) is 25.1 Å². The molecule has 2 amide bonds. The third-order valence-electron chi connectivity index (χ3n) is 6.37. The van der Waals surface area contributed by atoms with Crippen LogP contribution in [-0.2, 0) is 14.3 Å². The highest BCUT2D eigenvalue weighted by Gasteiger charge is 2.34. The maximum absolute atomic E-state index is 12.9. The number of rotatable bonds is 8. The summed E-state index contributed by atoms with van der Waals surface area (Å²) in [6, 6.07) is 9.80. The molecule has 2 aliphatic heterocycles. The molecule has 0 spiro atoms. The van der Waals surface area contributed by atoms with Gasteiger partial charge in [-0.3, -0.25) is 19.3 Å². The minimum Gasteiger partial charge on any atom is -0.485 e. The van der Waals surface area contributed by atoms with Crippen LogP contribution in [0.1, 0.15) is 41.3 Å². The van der Waals surface area contributed by atoms with Crippen LogP contribution >= 0.6 is 0 Å². The molecular formula is C26H30N2O6. The van der Waals surface area contributed by atoms with E-state index in [-0.39, 0.29) is 36.9 Å². The molecule has 1 fully saturated rings. The smallest absolute Gasteiger partial charge is 0.265 e. The first-order chi connectivity index (χ1) is 16.3. The molecular weight excluding hydrogens is 436 g/mol. The number of amides is 2. The minimum atomic E-state index is -0.770. The van der Waals surface area contributed by atoms with Crippen molar-refractivity contribution in [2.24, 2.45) is 0 Å². The lowest BCUT2D eigenvalue weighted by Crippen LogP contribution is -2.52. The lowest BCUT2D eigenvalue weighted by Gasteiger charge is -2.33. The number of carbonyl (C=O) groups excluding carboxylic acids is 3. The second-order valence-electron chi connectivity index (χ2n) is 8.70. The number of benzene rings is 2. The van der Waals surface area contributed by atoms with Crippen LogP contribution in [0.4, 0.5) is 5.69 Å². The predicted octanol–water partition coefficient (Wildman–Crippen LogP) is 2.97. The summed E-state index contributed by atoms with van der Waals surface area (Å²) in [4.78, 5) is 39.8. The summed E-state index contributed by atoms with van der Waals surface area (Å²) in [5.41, 5.74) is 2.83. The van der Waals surface area contributed by atoms with Gasteiger partial charge in [0.05, 0.1) is 11.8 Å². The van der Waals surface area contributed by atoms with Gasteiger partial charge in [0.15, 0.2) is 19.0 Å². The Labute approximate surface area is 199 Å². The van der Waals surface area contributed by atoms with Crippen LogP contribution in [-0.4, -0.2) is 56.1 Å². The largest absolute Gasteiger partial charge is 0.485 e. The topological polar surface area (TPSA) is 94.2 Å². The average Bonchev–Trinajstić information content (AvgIpc) is 3.36. The maximum atomic E-state index is 12.9. The molecule has 0 saturated carbocycles. The second kappa shape index (κ2) is 10.3. The van der Waals surface area contributed by atoms with Crippen LogP contribution in [0.2, 0.25) is 0 Å². The normalized spacial score (nSPS) is 18.1. The van der Waals surface area contributed by atoms with Gasteiger partial charge in [0, 0.05) is 18.7 Å². The zero-order chi connectivity index (χ0) is 24.2. The highest BCUT2D eigenvalue weighted by atomic mass is 16.5. The van der Waals surface area contributed by atoms with Gasteiger partial charge in [-0.05, 0) is 69.0 Å². The Hall–Kier alpha value is -3.39. The average molecular weight is 467 g/mol. The number of hydrogen-bond acceptors (Lipinski definition) is 6. The van der Waals surface area contributed by atoms with E-state index in [2.05, 4.69) is 5.32 Å². The van der Waals surface area contributed by atoms with Crippen LogP contribution in [0.5, 0.6) is 11.5 Å². The number of ketones is 1. The third kappa shape index (κ3) is 5.07. The summed E-state index contributed by atoms with van der Waals surface area (Å²) in [6.45, 7) is 6.39. The maximum Gasteiger partial charge on any atom is 0.265 e. The number of anilines is 1. The lowest BCUT2D eigenvalue weighted by molar-refractivity contribution is -0.127. The number of ether oxygens (including phenoxy) is 3. The molecule has 2 atom stereocenters. The minimum absolute atomic E-state index is 0.00471. The number of hydrogen-bond donors (Lipinski definition) is 1. The Morgan fingerprint density at radius 1 is 1.24 bits per heavy atom. The molecule has 2 aromatic carbocycles. The molecule has 8 nitrogen and oxygen atoms in total. The van der Waals surface area contributed by atoms with Crippen molar-refractivity contribution in [2.75, 3.05) is 31.3 Å². The first-order valence-electron chi connectivity index (χ1n) is 11.6. The molecule has 0 aliphatic carbocycles. The highest BCUT2D eigenvalue weighted by molar-refractivity contribution is 6.05. The third-order valence-corrected chi connectivity index (χ3v) is 6.37. The van der Waals surface area contributed by atoms with Crippen LogP contribution in [0.3, 0.4) is 0 Å². The number of fused-ring (bicyclic) bond motifs is 1. The quantitative estimate of drug-likeness (QED) is 0.601. The highest BCUT2D eigenvalue weighted by Crippen LogP contribution is 2.34. The molecule has 0 aromatic heterocycles. The fourth-order valence-electron chi connectivity index (χ4n) is 4.16. The van der Waals surface area contributed by atoms with E-state index in [1.165, 1.54) is 4.90 Å². The zero-order valence-electron chi connectivity index (χ0n) is 19.8. The van der Waals surface area contributed by atoms with Gasteiger partial charge in [-0.2, -0.15) is 0 Å². The van der Waals surface area contributed by atoms with Crippen molar-refractivity contribution < 1.29 is 28.6 Å². The van der Waals surface area contributed by atoms with Crippen LogP contribution < -0.4 is 19.7 Å². The SMILES string of the molecule is Cc1cccc(OCC(=O)c2ccc3c(c2)N([C@@H](C)C(=O)NC[C@H]2CCCO2)C(=O)CO3)c1C. The van der Waals surface area contributed by atoms with Crippen LogP contribution in [0, 0.1) is 13.8 Å². The van der Waals surface area contributed by atoms with Crippen molar-refractivity contribution in [3.8, 4) is 11.5 Å². The molecule has 0 unspecified atom stereocenters. The monoisotopic (exact) mass is 466 g/mol. The van der Waals surface area contributed by atoms with Gasteiger partial charge in [-0.25, -0.2) is 0 Å². The standard InChI is InChI=1S/C26H30N2O6/c1-16-6-4-8-23(17(16)2)33-14-22(29)19-9-10-24-21(12-19)28(25(30)15-34-24)18(3)26(31)27-13-20-7-5-11-32-20/h4,6,8-10,12,18,20H,5,7,11,13-15H2,1-3H3,(H,27,31)/t18-,20+/m0/s1. The van der Waals surface area contributed by atoms with Gasteiger partial charge >= 0.3 is 0 Å². The van der Waals surface area contributed by atoms with Crippen molar-refractivity contribution in [1.29, 1.82) is 0 Å². The van der Waals surface area contributed by atoms with Gasteiger partial charge in [-0.15, -0.1) is 0 Å². The van der Waals surface area contributed by atoms with Crippen LogP contribution in [0.25, 0.3) is 0 Å². The van der Waals surface area contributed by atoms with Crippen molar-refractivity contribution in [2.45, 2.75) is 45.8 Å². The van der Waals surface area contributed by atoms with E-state index >= 15 is 0 Å². The van der Waals surface area contributed by atoms with Crippen molar-refractivity contribution >= 4 is 23.3 Å². The zero-order valence-corrected chi connectivity index (χ0v) is 19.8. The molecule has 2 heterocycles. The first kappa shape index (κ1) is 23.8. The van der Waals surface area contributed by atoms with Gasteiger partial charge in [0.25, 0.3) is 5.91 Å². The number of aryl methyl sites for hydroxylation is 1. The Morgan fingerprint density at radius 2 is 2.06 bits per heavy atom. The van der Waals surface area contributed by atoms with Gasteiger partial charge < -0.3 is 19.5 Å². The molecule has 1 N–H and O–H groups in total. The number of Topliss-reactive ketones (excluding diaryl/α,β-unsaturated/α-hetero) is 1. The molecule has 34 heavy (non-hydrogen) atoms. The molecule has 2 aromatic rings. The first-order valence-corrected chi connectivity index (χ1v) is 11.6. The molecule has 8 heteroatoms. The van der Waals surface area contributed by atoms with E-state index in [9.17, 15) is 14.4 Å². The fraction of sp³-hybridized carbons (Fsp3) is 0.423. The molecule has 1 saturated heterocycles. The summed E-state index contributed by atoms with van der Waals surface area (Å²) >= 11 is 0. The summed E-state index contributed by atoms with van der Waals surface area (Å²) in [6.07, 6.45) is 1.89. The summed E-state index contributed by atoms with van der Waals surface area (Å²) in [5, 5.41) is 2.87. The Morgan fingerprint density at radius 3 is 2.82 bits per heavy atom. The summed E-state index contributed by atoms with van der Waals surface area (Å²) < 4.78 is 16.9. The summed E-state index contributed by atoms with van der Waals surface area (Å²) in [5.74, 6) is 0.237. The fourth-order valence-corrected chi connectivity index (χ4v) is 4.16. The van der Waals surface area contributed by atoms with Gasteiger partial charge in [0.1, 0.15) is 17.5 Å². The Kier molecular flexibility index (Phi) is 7.17. The van der Waals surface area contributed by atoms with E-state index in [0.717, 1.165) is 24.0 Å². The molecule has 180 valence electrons. The van der Waals surface area contributed by atoms with E-state index in [0.29, 0.717) is 35.9 Å². The molecule has 4 rings (SSSR count). The summed E-state index contributed by atoms with van der Waals surface area (Å²) in [7, 11) is 0. The van der Waals surface area contributed by atoms with Crippen molar-refractivity contribution in [3.05, 3.63) is 53.1 Å². The van der Waals surface area contributed by atoms with Crippen molar-refractivity contribution in [3.63, 3.8) is 0 Å². The van der Waals surface area contributed by atoms with Crippen LogP contribution in [0.15, 0.2) is 36.4 Å². The van der Waals surface area contributed by atoms with Crippen molar-refractivity contribution in [1.82, 2.24) is 5.32 Å². The second-order valence-corrected chi connectivity index (χ2v) is 8.70. The van der Waals surface area contributed by atoms with Gasteiger partial charge in [0.2, 0.25) is 5.91 Å². The molecule has 2 aliphatic rings. The van der Waals surface area contributed by atoms with E-state index in [4.69, 9.17) is 14.2 Å². The van der Waals surface area contributed by atoms with Gasteiger partial charge in [-0.1, -0.05) is 12.1 Å². The Bertz CT molecular complexity index is 1090. The molecule has 0 radical (unpaired) electrons. The number of nitrogens with one attached hydrogen (secondary N) is 1. The molecule has 0 bridgehead atoms. The number of carbonyl (C=O) groups is 3. The lowest BCUT2D eigenvalue weighted by atomic mass is 10.1.